The Kier molecular flexibility index (Phi) is 5.75. The van der Waals surface area contributed by atoms with Crippen molar-refractivity contribution in [2.24, 2.45) is 5.10 Å². The molecule has 0 aliphatic rings. The zero-order valence-electron chi connectivity index (χ0n) is 16.7. The van der Waals surface area contributed by atoms with Crippen molar-refractivity contribution in [3.8, 4) is 17.1 Å². The van der Waals surface area contributed by atoms with E-state index in [1.165, 1.54) is 19.2 Å². The largest absolute Gasteiger partial charge is 0.496 e. The predicted octanol–water partition coefficient (Wildman–Crippen LogP) is 6.04. The number of nitro benzene ring substituents is 1. The molecular formula is C24H19N3O4. The van der Waals surface area contributed by atoms with Crippen LogP contribution in [0.1, 0.15) is 5.76 Å². The summed E-state index contributed by atoms with van der Waals surface area (Å²) in [6.45, 7) is 0. The second kappa shape index (κ2) is 8.96. The van der Waals surface area contributed by atoms with Crippen LogP contribution in [0.5, 0.6) is 5.75 Å². The van der Waals surface area contributed by atoms with Crippen LogP contribution in [0.3, 0.4) is 0 Å². The van der Waals surface area contributed by atoms with Gasteiger partial charge in [0.05, 0.1) is 41.3 Å². The van der Waals surface area contributed by atoms with Crippen LogP contribution in [-0.4, -0.2) is 18.2 Å². The van der Waals surface area contributed by atoms with Crippen molar-refractivity contribution in [1.29, 1.82) is 0 Å². The summed E-state index contributed by atoms with van der Waals surface area (Å²) in [5, 5.41) is 17.4. The van der Waals surface area contributed by atoms with Gasteiger partial charge in [0.1, 0.15) is 17.3 Å². The van der Waals surface area contributed by atoms with Crippen LogP contribution in [0.25, 0.3) is 11.3 Å². The molecule has 0 radical (unpaired) electrons. The highest BCUT2D eigenvalue weighted by Gasteiger charge is 2.15. The van der Waals surface area contributed by atoms with E-state index in [4.69, 9.17) is 9.15 Å². The van der Waals surface area contributed by atoms with Crippen LogP contribution < -0.4 is 9.75 Å². The first-order chi connectivity index (χ1) is 15.2. The number of para-hydroxylation sites is 2. The number of hydrazone groups is 1. The number of rotatable bonds is 7. The molecule has 31 heavy (non-hydrogen) atoms. The van der Waals surface area contributed by atoms with Gasteiger partial charge in [-0.1, -0.05) is 36.4 Å². The number of anilines is 2. The Morgan fingerprint density at radius 2 is 1.58 bits per heavy atom. The average Bonchev–Trinajstić information content (AvgIpc) is 3.29. The van der Waals surface area contributed by atoms with E-state index in [1.807, 2.05) is 65.7 Å². The molecule has 0 saturated heterocycles. The Bertz CT molecular complexity index is 1160. The highest BCUT2D eigenvalue weighted by Crippen LogP contribution is 2.34. The van der Waals surface area contributed by atoms with Crippen LogP contribution in [-0.2, 0) is 0 Å². The molecule has 154 valence electrons. The van der Waals surface area contributed by atoms with Gasteiger partial charge < -0.3 is 9.15 Å². The second-order valence-electron chi connectivity index (χ2n) is 6.57. The summed E-state index contributed by atoms with van der Waals surface area (Å²) >= 11 is 0. The normalized spacial score (nSPS) is 10.9. The Balaban J connectivity index is 1.64. The molecule has 0 amide bonds. The lowest BCUT2D eigenvalue weighted by Crippen LogP contribution is -2.08. The van der Waals surface area contributed by atoms with Gasteiger partial charge >= 0.3 is 0 Å². The van der Waals surface area contributed by atoms with E-state index in [2.05, 4.69) is 5.10 Å². The molecule has 1 aromatic heterocycles. The molecule has 7 heteroatoms. The van der Waals surface area contributed by atoms with Crippen molar-refractivity contribution in [2.45, 2.75) is 0 Å². The predicted molar refractivity (Wildman–Crippen MR) is 120 cm³/mol. The van der Waals surface area contributed by atoms with Crippen LogP contribution >= 0.6 is 0 Å². The number of hydrogen-bond donors (Lipinski definition) is 0. The van der Waals surface area contributed by atoms with E-state index in [0.717, 1.165) is 11.4 Å². The smallest absolute Gasteiger partial charge is 0.273 e. The lowest BCUT2D eigenvalue weighted by Gasteiger charge is -2.18. The SMILES string of the molecule is COc1cc([N+](=O)[O-])ccc1-c1ccc(/C=N/N(c2ccccc2)c2ccccc2)o1. The van der Waals surface area contributed by atoms with Gasteiger partial charge in [0.2, 0.25) is 0 Å². The number of ether oxygens (including phenoxy) is 1. The van der Waals surface area contributed by atoms with Crippen molar-refractivity contribution >= 4 is 23.3 Å². The molecular weight excluding hydrogens is 394 g/mol. The highest BCUT2D eigenvalue weighted by atomic mass is 16.6. The minimum absolute atomic E-state index is 0.0460. The van der Waals surface area contributed by atoms with Crippen molar-refractivity contribution < 1.29 is 14.1 Å². The third-order valence-electron chi connectivity index (χ3n) is 4.59. The molecule has 4 aromatic rings. The van der Waals surface area contributed by atoms with E-state index < -0.39 is 4.92 Å². The van der Waals surface area contributed by atoms with Crippen LogP contribution in [0.2, 0.25) is 0 Å². The number of non-ortho nitro benzene ring substituents is 1. The zero-order valence-corrected chi connectivity index (χ0v) is 16.7. The third kappa shape index (κ3) is 4.45. The van der Waals surface area contributed by atoms with E-state index in [9.17, 15) is 10.1 Å². The zero-order chi connectivity index (χ0) is 21.6. The number of hydrogen-bond acceptors (Lipinski definition) is 6. The van der Waals surface area contributed by atoms with E-state index >= 15 is 0 Å². The molecule has 0 aliphatic carbocycles. The summed E-state index contributed by atoms with van der Waals surface area (Å²) in [5.41, 5.74) is 2.40. The Morgan fingerprint density at radius 1 is 0.935 bits per heavy atom. The molecule has 3 aromatic carbocycles. The summed E-state index contributed by atoms with van der Waals surface area (Å²) in [7, 11) is 1.46. The van der Waals surface area contributed by atoms with Crippen molar-refractivity contribution in [3.05, 3.63) is 107 Å². The average molecular weight is 413 g/mol. The quantitative estimate of drug-likeness (QED) is 0.210. The molecule has 0 N–H and O–H groups in total. The fraction of sp³-hybridized carbons (Fsp3) is 0.0417. The summed E-state index contributed by atoms with van der Waals surface area (Å²) in [5.74, 6) is 1.42. The molecule has 0 atom stereocenters. The molecule has 1 heterocycles. The monoisotopic (exact) mass is 413 g/mol. The topological polar surface area (TPSA) is 81.1 Å². The summed E-state index contributed by atoms with van der Waals surface area (Å²) in [6.07, 6.45) is 1.63. The van der Waals surface area contributed by atoms with E-state index in [-0.39, 0.29) is 5.69 Å². The fourth-order valence-electron chi connectivity index (χ4n) is 3.10. The van der Waals surface area contributed by atoms with Gasteiger partial charge in [-0.2, -0.15) is 5.10 Å². The van der Waals surface area contributed by atoms with Crippen molar-refractivity contribution in [1.82, 2.24) is 0 Å². The Morgan fingerprint density at radius 3 is 2.16 bits per heavy atom. The summed E-state index contributed by atoms with van der Waals surface area (Å²) in [4.78, 5) is 10.5. The molecule has 0 spiro atoms. The number of nitrogens with zero attached hydrogens (tertiary/aromatic N) is 3. The number of furan rings is 1. The van der Waals surface area contributed by atoms with E-state index in [1.54, 1.807) is 24.4 Å². The molecule has 0 saturated carbocycles. The lowest BCUT2D eigenvalue weighted by molar-refractivity contribution is -0.384. The molecule has 0 bridgehead atoms. The Hall–Kier alpha value is -4.39. The van der Waals surface area contributed by atoms with Crippen molar-refractivity contribution in [2.75, 3.05) is 12.1 Å². The minimum Gasteiger partial charge on any atom is -0.496 e. The lowest BCUT2D eigenvalue weighted by atomic mass is 10.1. The number of benzene rings is 3. The van der Waals surface area contributed by atoms with Gasteiger partial charge in [-0.15, -0.1) is 0 Å². The first-order valence-electron chi connectivity index (χ1n) is 9.52. The van der Waals surface area contributed by atoms with Gasteiger partial charge in [0.25, 0.3) is 5.69 Å². The maximum Gasteiger partial charge on any atom is 0.273 e. The first kappa shape index (κ1) is 19.9. The Labute approximate surface area is 179 Å². The highest BCUT2D eigenvalue weighted by molar-refractivity contribution is 5.80. The van der Waals surface area contributed by atoms with Gasteiger partial charge in [-0.05, 0) is 42.5 Å². The van der Waals surface area contributed by atoms with E-state index in [0.29, 0.717) is 22.8 Å². The molecule has 0 unspecified atom stereocenters. The standard InChI is InChI=1S/C24H19N3O4/c1-30-24-16-20(27(28)29)12-14-22(24)23-15-13-21(31-23)17-25-26(18-8-4-2-5-9-18)19-10-6-3-7-11-19/h2-17H,1H3/b25-17+. The summed E-state index contributed by atoms with van der Waals surface area (Å²) < 4.78 is 11.2. The van der Waals surface area contributed by atoms with Crippen LogP contribution in [0.4, 0.5) is 17.1 Å². The van der Waals surface area contributed by atoms with Gasteiger partial charge in [0.15, 0.2) is 0 Å². The maximum atomic E-state index is 11.0. The maximum absolute atomic E-state index is 11.0. The van der Waals surface area contributed by atoms with Gasteiger partial charge in [-0.3, -0.25) is 10.1 Å². The number of methoxy groups -OCH3 is 1. The summed E-state index contributed by atoms with van der Waals surface area (Å²) in [6, 6.07) is 27.6. The first-order valence-corrected chi connectivity index (χ1v) is 9.52. The third-order valence-corrected chi connectivity index (χ3v) is 4.59. The minimum atomic E-state index is -0.464. The fourth-order valence-corrected chi connectivity index (χ4v) is 3.10. The molecule has 0 fully saturated rings. The van der Waals surface area contributed by atoms with Gasteiger partial charge in [-0.25, -0.2) is 5.01 Å². The molecule has 0 aliphatic heterocycles. The van der Waals surface area contributed by atoms with Gasteiger partial charge in [0, 0.05) is 6.07 Å². The van der Waals surface area contributed by atoms with Crippen LogP contribution in [0.15, 0.2) is 101 Å². The van der Waals surface area contributed by atoms with Crippen molar-refractivity contribution in [3.63, 3.8) is 0 Å². The number of nitro groups is 1. The second-order valence-corrected chi connectivity index (χ2v) is 6.57. The van der Waals surface area contributed by atoms with Crippen LogP contribution in [0, 0.1) is 10.1 Å². The molecule has 7 nitrogen and oxygen atoms in total. The molecule has 4 rings (SSSR count).